The van der Waals surface area contributed by atoms with E-state index in [9.17, 15) is 8.42 Å². The van der Waals surface area contributed by atoms with E-state index in [-0.39, 0.29) is 70.6 Å². The van der Waals surface area contributed by atoms with Crippen molar-refractivity contribution in [1.29, 1.82) is 0 Å². The number of tetrazole rings is 2. The number of ether oxygens (including phenoxy) is 6. The van der Waals surface area contributed by atoms with Crippen LogP contribution in [0.25, 0.3) is 22.8 Å². The molecule has 28 heteroatoms. The van der Waals surface area contributed by atoms with Gasteiger partial charge in [-0.3, -0.25) is 0 Å². The Morgan fingerprint density at radius 1 is 0.410 bits per heavy atom. The second kappa shape index (κ2) is 31.8. The maximum absolute atomic E-state index is 15.1. The van der Waals surface area contributed by atoms with Crippen LogP contribution in [-0.4, -0.2) is 149 Å². The lowest BCUT2D eigenvalue weighted by molar-refractivity contribution is 0.0343. The van der Waals surface area contributed by atoms with Gasteiger partial charge in [0.15, 0.2) is 5.82 Å². The van der Waals surface area contributed by atoms with Gasteiger partial charge in [0.25, 0.3) is 0 Å². The topological polar surface area (TPSA) is 254 Å². The molecule has 24 nitrogen and oxygen atoms in total. The Balaban J connectivity index is 0.000000202. The van der Waals surface area contributed by atoms with Crippen molar-refractivity contribution in [1.82, 2.24) is 49.0 Å². The van der Waals surface area contributed by atoms with Crippen molar-refractivity contribution in [2.75, 3.05) is 69.1 Å². The second-order valence-corrected chi connectivity index (χ2v) is 29.4. The second-order valence-electron chi connectivity index (χ2n) is 25.6. The third-order valence-corrected chi connectivity index (χ3v) is 20.5. The molecule has 0 spiro atoms. The van der Waals surface area contributed by atoms with Crippen molar-refractivity contribution in [2.45, 2.75) is 76.8 Å². The zero-order chi connectivity index (χ0) is 70.6. The predicted octanol–water partition coefficient (Wildman–Crippen LogP) is 9.15. The highest BCUT2D eigenvalue weighted by Crippen LogP contribution is 2.35. The molecule has 12 rings (SSSR count). The standard InChI is InChI=1S/2C36H40BN5O7S/c1-36(2)24-48-37(49-25-36)32-7-6-8-33(34(32)35-38-39-40-42(35)23-28-13-19-31(47-5)20-14-28)50(43,44)41(21-26-9-15-29(45-3)16-10-26)22-27-11-17-30(46-4)18-12-27;1-36(2)24-48-37(49-25-36)32-7-6-8-33(34(32)35-38-40-42(39-35)23-28-13-19-31(47-5)20-14-28)50(43,44)41(21-26-9-15-29(45-3)16-10-26)22-27-11-17-30(46-4)18-12-27/h2*6-20H,21-25H2,1-5H3. The molecule has 0 radical (unpaired) electrons. The predicted molar refractivity (Wildman–Crippen MR) is 378 cm³/mol. The van der Waals surface area contributed by atoms with Crippen LogP contribution in [0.3, 0.4) is 0 Å². The molecule has 100 heavy (non-hydrogen) atoms. The molecule has 2 aromatic heterocycles. The Hall–Kier alpha value is -9.51. The third-order valence-electron chi connectivity index (χ3n) is 16.8. The number of rotatable bonds is 26. The van der Waals surface area contributed by atoms with E-state index in [0.717, 1.165) is 39.1 Å². The van der Waals surface area contributed by atoms with Crippen molar-refractivity contribution in [3.63, 3.8) is 0 Å². The Labute approximate surface area is 584 Å². The van der Waals surface area contributed by atoms with Gasteiger partial charge in [0.05, 0.1) is 65.5 Å². The highest BCUT2D eigenvalue weighted by Gasteiger charge is 2.41. The van der Waals surface area contributed by atoms with E-state index in [0.29, 0.717) is 78.2 Å². The SMILES string of the molecule is COc1ccc(CN(Cc2ccc(OC)cc2)S(=O)(=O)c2cccc(B3OCC(C)(C)CO3)c2-c2nnn(Cc3ccc(OC)cc3)n2)cc1.COc1ccc(CN(Cc2ccc(OC)cc2)S(=O)(=O)c2cccc(B3OCC(C)(C)CO3)c2-c2nnnn2Cc2ccc(OC)cc2)cc1. The molecule has 8 aromatic carbocycles. The summed E-state index contributed by atoms with van der Waals surface area (Å²) >= 11 is 0. The van der Waals surface area contributed by atoms with Gasteiger partial charge in [0.2, 0.25) is 25.9 Å². The smallest absolute Gasteiger partial charge is 0.494 e. The summed E-state index contributed by atoms with van der Waals surface area (Å²) in [5.41, 5.74) is 6.14. The lowest BCUT2D eigenvalue weighted by atomic mass is 9.73. The van der Waals surface area contributed by atoms with Crippen LogP contribution in [-0.2, 0) is 77.9 Å². The summed E-state index contributed by atoms with van der Waals surface area (Å²) < 4.78 is 121. The summed E-state index contributed by atoms with van der Waals surface area (Å²) in [6.45, 7) is 10.8. The number of methoxy groups -OCH3 is 6. The van der Waals surface area contributed by atoms with Crippen molar-refractivity contribution < 1.29 is 63.9 Å². The number of nitrogens with zero attached hydrogens (tertiary/aromatic N) is 10. The van der Waals surface area contributed by atoms with E-state index >= 15 is 8.42 Å². The van der Waals surface area contributed by atoms with E-state index in [1.165, 1.54) is 13.4 Å². The summed E-state index contributed by atoms with van der Waals surface area (Å²) in [7, 11) is -0.549. The monoisotopic (exact) mass is 1390 g/mol. The molecule has 0 aliphatic carbocycles. The van der Waals surface area contributed by atoms with Crippen LogP contribution in [0.2, 0.25) is 0 Å². The maximum atomic E-state index is 15.1. The van der Waals surface area contributed by atoms with Gasteiger partial charge < -0.3 is 47.0 Å². The molecule has 0 bridgehead atoms. The third kappa shape index (κ3) is 17.4. The summed E-state index contributed by atoms with van der Waals surface area (Å²) in [5, 5.41) is 26.0. The fourth-order valence-corrected chi connectivity index (χ4v) is 14.6. The maximum Gasteiger partial charge on any atom is 0.494 e. The molecule has 520 valence electrons. The highest BCUT2D eigenvalue weighted by atomic mass is 32.2. The van der Waals surface area contributed by atoms with Crippen LogP contribution in [0, 0.1) is 10.8 Å². The zero-order valence-corrected chi connectivity index (χ0v) is 59.2. The molecular formula is C72H80B2N10O14S2. The number of hydrogen-bond acceptors (Lipinski definition) is 20. The fourth-order valence-electron chi connectivity index (χ4n) is 11.3. The first kappa shape index (κ1) is 71.8. The summed E-state index contributed by atoms with van der Waals surface area (Å²) in [6, 6.07) is 54.5. The van der Waals surface area contributed by atoms with E-state index in [4.69, 9.17) is 47.0 Å². The number of sulfonamides is 2. The van der Waals surface area contributed by atoms with E-state index in [1.807, 2.05) is 159 Å². The summed E-state index contributed by atoms with van der Waals surface area (Å²) in [6.07, 6.45) is 0. The molecule has 0 unspecified atom stereocenters. The minimum Gasteiger partial charge on any atom is -0.497 e. The molecule has 0 amide bonds. The largest absolute Gasteiger partial charge is 0.497 e. The number of hydrogen-bond donors (Lipinski definition) is 0. The first-order valence-corrected chi connectivity index (χ1v) is 35.1. The van der Waals surface area contributed by atoms with Gasteiger partial charge in [0, 0.05) is 74.6 Å². The number of aromatic nitrogens is 8. The Morgan fingerprint density at radius 2 is 0.730 bits per heavy atom. The Morgan fingerprint density at radius 3 is 1.08 bits per heavy atom. The minimum atomic E-state index is -4.23. The van der Waals surface area contributed by atoms with Gasteiger partial charge in [-0.15, -0.1) is 15.3 Å². The molecule has 2 saturated heterocycles. The van der Waals surface area contributed by atoms with Gasteiger partial charge >= 0.3 is 14.2 Å². The average Bonchev–Trinajstić information content (AvgIpc) is 1.17. The Kier molecular flexibility index (Phi) is 22.8. The number of benzene rings is 8. The summed E-state index contributed by atoms with van der Waals surface area (Å²) in [4.78, 5) is 1.47. The van der Waals surface area contributed by atoms with E-state index in [2.05, 4.69) is 44.8 Å². The van der Waals surface area contributed by atoms with Gasteiger partial charge in [-0.05, 0) is 145 Å². The molecule has 0 atom stereocenters. The first-order chi connectivity index (χ1) is 48.2. The molecule has 2 aliphatic rings. The normalized spacial score (nSPS) is 14.5. The molecular weight excluding hydrogens is 1310 g/mol. The van der Waals surface area contributed by atoms with Crippen molar-refractivity contribution in [3.05, 3.63) is 215 Å². The van der Waals surface area contributed by atoms with Crippen LogP contribution < -0.4 is 39.3 Å². The first-order valence-electron chi connectivity index (χ1n) is 32.2. The zero-order valence-electron chi connectivity index (χ0n) is 57.6. The van der Waals surface area contributed by atoms with Gasteiger partial charge in [0.1, 0.15) is 34.5 Å². The molecule has 0 N–H and O–H groups in total. The fraction of sp³-hybridized carbons (Fsp3) is 0.306. The van der Waals surface area contributed by atoms with Crippen LogP contribution in [0.5, 0.6) is 34.5 Å². The van der Waals surface area contributed by atoms with Crippen molar-refractivity contribution in [2.24, 2.45) is 10.8 Å². The molecule has 10 aromatic rings. The molecule has 0 saturated carbocycles. The van der Waals surface area contributed by atoms with Gasteiger partial charge in [-0.1, -0.05) is 125 Å². The van der Waals surface area contributed by atoms with Crippen LogP contribution in [0.1, 0.15) is 61.1 Å². The Bertz CT molecular complexity index is 4470. The van der Waals surface area contributed by atoms with Crippen molar-refractivity contribution in [3.8, 4) is 57.3 Å². The average molecular weight is 1400 g/mol. The molecule has 4 heterocycles. The van der Waals surface area contributed by atoms with Gasteiger partial charge in [-0.25, -0.2) is 21.5 Å². The van der Waals surface area contributed by atoms with Crippen LogP contribution in [0.15, 0.2) is 192 Å². The van der Waals surface area contributed by atoms with E-state index in [1.54, 1.807) is 83.7 Å². The lowest BCUT2D eigenvalue weighted by Gasteiger charge is -2.34. The van der Waals surface area contributed by atoms with Crippen LogP contribution in [0.4, 0.5) is 0 Å². The molecule has 2 aliphatic heterocycles. The summed E-state index contributed by atoms with van der Waals surface area (Å²) in [5.74, 6) is 4.54. The van der Waals surface area contributed by atoms with Crippen LogP contribution >= 0.6 is 0 Å². The lowest BCUT2D eigenvalue weighted by Crippen LogP contribution is -2.48. The van der Waals surface area contributed by atoms with Gasteiger partial charge in [-0.2, -0.15) is 13.4 Å². The highest BCUT2D eigenvalue weighted by molar-refractivity contribution is 7.89. The van der Waals surface area contributed by atoms with Crippen molar-refractivity contribution >= 4 is 45.2 Å². The van der Waals surface area contributed by atoms with E-state index < -0.39 is 34.3 Å². The minimum absolute atomic E-state index is 0.0121. The molecule has 2 fully saturated rings. The quantitative estimate of drug-likeness (QED) is 0.0458.